The molecule has 0 heterocycles. The third-order valence-electron chi connectivity index (χ3n) is 5.19. The average molecular weight is 589 g/mol. The van der Waals surface area contributed by atoms with Crippen LogP contribution in [-0.2, 0) is 20.2 Å². The summed E-state index contributed by atoms with van der Waals surface area (Å²) in [6.07, 6.45) is 0. The molecule has 4 rings (SSSR count). The van der Waals surface area contributed by atoms with Crippen LogP contribution in [-0.4, -0.2) is 38.2 Å². The second-order valence-electron chi connectivity index (χ2n) is 7.70. The van der Waals surface area contributed by atoms with Crippen molar-refractivity contribution in [3.8, 4) is 11.5 Å². The number of hydrogen-bond donors (Lipinski definition) is 3. The summed E-state index contributed by atoms with van der Waals surface area (Å²) in [5.41, 5.74) is 6.29. The fourth-order valence-corrected chi connectivity index (χ4v) is 4.64. The third kappa shape index (κ3) is 7.70. The standard InChI is InChI=1S/C23H20N4O8S2.2Na/c1-35-20-10-14(24)6-8-19(20)26-27-22-21(37(32,33)34)9-13-5-7-16(12-18(13)23(22)28)25-15-3-2-4-17(11-15)36(29,30)31;;/h2-12,25,28H,24H2,1H3,(H,29,30,31)(H,32,33,34);;/q;2*+1/p-2. The third-order valence-corrected chi connectivity index (χ3v) is 6.88. The molecule has 16 heteroatoms. The molecule has 0 spiro atoms. The Morgan fingerprint density at radius 3 is 2.21 bits per heavy atom. The summed E-state index contributed by atoms with van der Waals surface area (Å²) in [6, 6.07) is 15.0. The summed E-state index contributed by atoms with van der Waals surface area (Å²) >= 11 is 0. The van der Waals surface area contributed by atoms with Gasteiger partial charge in [0.05, 0.1) is 16.9 Å². The first kappa shape index (κ1) is 33.0. The molecule has 0 amide bonds. The zero-order chi connectivity index (χ0) is 27.0. The van der Waals surface area contributed by atoms with Crippen molar-refractivity contribution in [2.24, 2.45) is 10.2 Å². The summed E-state index contributed by atoms with van der Waals surface area (Å²) < 4.78 is 74.9. The van der Waals surface area contributed by atoms with Crippen LogP contribution in [0.2, 0.25) is 0 Å². The second kappa shape index (κ2) is 13.0. The summed E-state index contributed by atoms with van der Waals surface area (Å²) in [5, 5.41) is 21.9. The number of rotatable bonds is 7. The number of fused-ring (bicyclic) bond motifs is 1. The maximum absolute atomic E-state index is 12.0. The largest absolute Gasteiger partial charge is 1.00 e. The van der Waals surface area contributed by atoms with Crippen molar-refractivity contribution in [2.75, 3.05) is 18.2 Å². The van der Waals surface area contributed by atoms with Crippen LogP contribution in [0.4, 0.5) is 28.4 Å². The van der Waals surface area contributed by atoms with Crippen LogP contribution in [0.1, 0.15) is 0 Å². The quantitative estimate of drug-likeness (QED) is 0.0947. The van der Waals surface area contributed by atoms with Gasteiger partial charge in [0.2, 0.25) is 0 Å². The number of nitrogen functional groups attached to an aromatic ring is 1. The zero-order valence-electron chi connectivity index (χ0n) is 20.9. The van der Waals surface area contributed by atoms with Crippen LogP contribution >= 0.6 is 0 Å². The van der Waals surface area contributed by atoms with Gasteiger partial charge in [-0.2, -0.15) is 0 Å². The fraction of sp³-hybridized carbons (Fsp3) is 0.0435. The Bertz CT molecular complexity index is 1780. The first-order chi connectivity index (χ1) is 17.4. The molecular weight excluding hydrogens is 570 g/mol. The van der Waals surface area contributed by atoms with Gasteiger partial charge in [-0.3, -0.25) is 0 Å². The van der Waals surface area contributed by atoms with Crippen LogP contribution in [0.15, 0.2) is 86.7 Å². The molecule has 12 nitrogen and oxygen atoms in total. The van der Waals surface area contributed by atoms with Crippen molar-refractivity contribution in [2.45, 2.75) is 9.79 Å². The molecule has 192 valence electrons. The Balaban J connectivity index is 0.00000267. The molecule has 0 radical (unpaired) electrons. The van der Waals surface area contributed by atoms with Crippen molar-refractivity contribution in [1.29, 1.82) is 0 Å². The summed E-state index contributed by atoms with van der Waals surface area (Å²) in [7, 11) is -8.38. The Hall–Kier alpha value is -2.24. The molecule has 0 saturated carbocycles. The normalized spacial score (nSPS) is 11.6. The smallest absolute Gasteiger partial charge is 0.744 e. The Labute approximate surface area is 268 Å². The molecule has 0 bridgehead atoms. The SMILES string of the molecule is COc1cc(N)ccc1N=Nc1c(S(=O)(=O)[O-])cc2ccc(Nc3cccc(S(=O)(=O)[O-])c3)cc2c1O.[Na+].[Na+]. The van der Waals surface area contributed by atoms with E-state index < -0.39 is 41.5 Å². The maximum atomic E-state index is 12.0. The molecule has 0 fully saturated rings. The average Bonchev–Trinajstić information content (AvgIpc) is 2.83. The van der Waals surface area contributed by atoms with Crippen molar-refractivity contribution < 1.29 is 94.9 Å². The first-order valence-electron chi connectivity index (χ1n) is 10.3. The molecule has 0 aliphatic heterocycles. The summed E-state index contributed by atoms with van der Waals surface area (Å²) in [5.74, 6) is -0.408. The van der Waals surface area contributed by atoms with Gasteiger partial charge in [0.25, 0.3) is 0 Å². The number of benzene rings is 4. The van der Waals surface area contributed by atoms with Gasteiger partial charge in [-0.15, -0.1) is 10.2 Å². The minimum atomic E-state index is -5.07. The predicted octanol–water partition coefficient (Wildman–Crippen LogP) is -1.89. The maximum Gasteiger partial charge on any atom is 1.00 e. The number of ether oxygens (including phenoxy) is 1. The number of azo groups is 1. The molecule has 4 aromatic rings. The van der Waals surface area contributed by atoms with Crippen LogP contribution in [0.25, 0.3) is 10.8 Å². The molecule has 0 atom stereocenters. The van der Waals surface area contributed by atoms with E-state index in [1.807, 2.05) is 0 Å². The Kier molecular flexibility index (Phi) is 10.9. The number of nitrogens with zero attached hydrogens (tertiary/aromatic N) is 2. The molecule has 0 unspecified atom stereocenters. The van der Waals surface area contributed by atoms with E-state index in [9.17, 15) is 31.0 Å². The molecule has 4 aromatic carbocycles. The van der Waals surface area contributed by atoms with Crippen molar-refractivity contribution in [1.82, 2.24) is 0 Å². The van der Waals surface area contributed by atoms with E-state index in [0.717, 1.165) is 18.2 Å². The first-order valence-corrected chi connectivity index (χ1v) is 13.1. The molecule has 0 aliphatic carbocycles. The van der Waals surface area contributed by atoms with E-state index in [4.69, 9.17) is 10.5 Å². The summed E-state index contributed by atoms with van der Waals surface area (Å²) in [6.45, 7) is 0. The van der Waals surface area contributed by atoms with E-state index in [2.05, 4.69) is 15.5 Å². The molecular formula is C23H18N4Na2O8S2. The number of anilines is 3. The van der Waals surface area contributed by atoms with E-state index in [-0.39, 0.29) is 87.0 Å². The van der Waals surface area contributed by atoms with Gasteiger partial charge >= 0.3 is 59.1 Å². The van der Waals surface area contributed by atoms with E-state index in [0.29, 0.717) is 11.4 Å². The minimum Gasteiger partial charge on any atom is -0.744 e. The monoisotopic (exact) mass is 588 g/mol. The minimum absolute atomic E-state index is 0. The molecule has 0 aromatic heterocycles. The molecule has 4 N–H and O–H groups in total. The Morgan fingerprint density at radius 1 is 0.872 bits per heavy atom. The molecule has 0 aliphatic rings. The summed E-state index contributed by atoms with van der Waals surface area (Å²) in [4.78, 5) is -1.23. The number of nitrogens with one attached hydrogen (secondary N) is 1. The predicted molar refractivity (Wildman–Crippen MR) is 133 cm³/mol. The van der Waals surface area contributed by atoms with E-state index in [1.54, 1.807) is 0 Å². The fourth-order valence-electron chi connectivity index (χ4n) is 3.48. The number of phenols is 1. The van der Waals surface area contributed by atoms with Gasteiger partial charge in [0, 0.05) is 28.5 Å². The number of aromatic hydroxyl groups is 1. The van der Waals surface area contributed by atoms with E-state index in [1.165, 1.54) is 55.6 Å². The Morgan fingerprint density at radius 2 is 1.56 bits per heavy atom. The van der Waals surface area contributed by atoms with Crippen LogP contribution in [0, 0.1) is 0 Å². The molecule has 39 heavy (non-hydrogen) atoms. The molecule has 0 saturated heterocycles. The van der Waals surface area contributed by atoms with Crippen LogP contribution < -0.4 is 74.9 Å². The van der Waals surface area contributed by atoms with E-state index >= 15 is 0 Å². The zero-order valence-corrected chi connectivity index (χ0v) is 26.6. The number of phenolic OH excluding ortho intramolecular Hbond substituents is 1. The van der Waals surface area contributed by atoms with Crippen molar-refractivity contribution >= 4 is 59.4 Å². The van der Waals surface area contributed by atoms with Gasteiger partial charge in [-0.05, 0) is 53.9 Å². The topological polar surface area (TPSA) is 207 Å². The number of nitrogens with two attached hydrogens (primary N) is 1. The van der Waals surface area contributed by atoms with Crippen LogP contribution in [0.3, 0.4) is 0 Å². The van der Waals surface area contributed by atoms with Gasteiger partial charge in [-0.1, -0.05) is 12.1 Å². The van der Waals surface area contributed by atoms with Gasteiger partial charge in [-0.25, -0.2) is 16.8 Å². The van der Waals surface area contributed by atoms with Gasteiger partial charge in [0.15, 0.2) is 5.75 Å². The van der Waals surface area contributed by atoms with Crippen molar-refractivity contribution in [3.05, 3.63) is 66.7 Å². The van der Waals surface area contributed by atoms with Gasteiger partial charge in [0.1, 0.15) is 37.4 Å². The number of hydrogen-bond acceptors (Lipinski definition) is 12. The number of methoxy groups -OCH3 is 1. The van der Waals surface area contributed by atoms with Crippen molar-refractivity contribution in [3.63, 3.8) is 0 Å². The van der Waals surface area contributed by atoms with Gasteiger partial charge < -0.3 is 30.0 Å². The second-order valence-corrected chi connectivity index (χ2v) is 10.4. The van der Waals surface area contributed by atoms with Crippen LogP contribution in [0.5, 0.6) is 11.5 Å².